The molecule has 0 spiro atoms. The summed E-state index contributed by atoms with van der Waals surface area (Å²) in [4.78, 5) is 27.1. The zero-order valence-corrected chi connectivity index (χ0v) is 19.6. The Bertz CT molecular complexity index is 1270. The Morgan fingerprint density at radius 3 is 2.63 bits per heavy atom. The maximum absolute atomic E-state index is 13.7. The summed E-state index contributed by atoms with van der Waals surface area (Å²) in [5.74, 6) is -0.499. The normalized spacial score (nSPS) is 14.3. The number of likely N-dealkylation sites (tertiary alicyclic amines) is 1. The van der Waals surface area contributed by atoms with Crippen LogP contribution in [0.2, 0.25) is 0 Å². The first-order chi connectivity index (χ1) is 17.1. The molecule has 1 N–H and O–H groups in total. The van der Waals surface area contributed by atoms with Crippen molar-refractivity contribution in [3.05, 3.63) is 77.7 Å². The molecular weight excluding hydrogens is 443 g/mol. The van der Waals surface area contributed by atoms with Crippen molar-refractivity contribution in [1.82, 2.24) is 14.8 Å². The smallest absolute Gasteiger partial charge is 0.246 e. The number of carbonyl (C=O) groups excluding carboxylic acids is 2. The molecule has 0 radical (unpaired) electrons. The number of para-hydroxylation sites is 1. The molecule has 0 aliphatic carbocycles. The molecule has 1 aliphatic heterocycles. The van der Waals surface area contributed by atoms with Crippen molar-refractivity contribution >= 4 is 28.8 Å². The highest BCUT2D eigenvalue weighted by molar-refractivity contribution is 5.96. The quantitative estimate of drug-likeness (QED) is 0.497. The highest BCUT2D eigenvalue weighted by Crippen LogP contribution is 2.23. The van der Waals surface area contributed by atoms with Gasteiger partial charge in [0.1, 0.15) is 5.82 Å². The highest BCUT2D eigenvalue weighted by Gasteiger charge is 2.26. The molecule has 2 heterocycles. The van der Waals surface area contributed by atoms with Crippen LogP contribution in [0.4, 0.5) is 4.39 Å². The van der Waals surface area contributed by atoms with Crippen LogP contribution in [0.1, 0.15) is 30.4 Å². The highest BCUT2D eigenvalue weighted by atomic mass is 19.1. The van der Waals surface area contributed by atoms with Gasteiger partial charge in [-0.1, -0.05) is 36.4 Å². The summed E-state index contributed by atoms with van der Waals surface area (Å²) >= 11 is 0. The summed E-state index contributed by atoms with van der Waals surface area (Å²) in [6, 6.07) is 16.7. The summed E-state index contributed by atoms with van der Waals surface area (Å²) in [6.07, 6.45) is 7.49. The lowest BCUT2D eigenvalue weighted by atomic mass is 9.95. The fourth-order valence-electron chi connectivity index (χ4n) is 4.56. The van der Waals surface area contributed by atoms with E-state index in [2.05, 4.69) is 11.4 Å². The van der Waals surface area contributed by atoms with Gasteiger partial charge in [-0.05, 0) is 43.0 Å². The number of aryl methyl sites for hydroxylation is 1. The van der Waals surface area contributed by atoms with Gasteiger partial charge in [0.2, 0.25) is 11.8 Å². The van der Waals surface area contributed by atoms with E-state index in [1.54, 1.807) is 29.2 Å². The van der Waals surface area contributed by atoms with E-state index in [0.717, 1.165) is 16.5 Å². The van der Waals surface area contributed by atoms with Crippen molar-refractivity contribution in [1.29, 1.82) is 5.26 Å². The second-order valence-electron chi connectivity index (χ2n) is 8.77. The van der Waals surface area contributed by atoms with Crippen molar-refractivity contribution < 1.29 is 14.0 Å². The van der Waals surface area contributed by atoms with Gasteiger partial charge in [-0.3, -0.25) is 9.59 Å². The number of piperidine rings is 1. The van der Waals surface area contributed by atoms with Crippen LogP contribution >= 0.6 is 0 Å². The fourth-order valence-corrected chi connectivity index (χ4v) is 4.56. The number of hydrogen-bond donors (Lipinski definition) is 1. The number of nitrogens with zero attached hydrogens (tertiary/aromatic N) is 3. The zero-order valence-electron chi connectivity index (χ0n) is 19.6. The molecule has 180 valence electrons. The molecule has 4 rings (SSSR count). The summed E-state index contributed by atoms with van der Waals surface area (Å²) in [5, 5.41) is 12.9. The average Bonchev–Trinajstić information content (AvgIpc) is 3.24. The summed E-state index contributed by atoms with van der Waals surface area (Å²) in [5.41, 5.74) is 2.57. The second-order valence-corrected chi connectivity index (χ2v) is 8.77. The number of carbonyl (C=O) groups is 2. The van der Waals surface area contributed by atoms with Crippen LogP contribution in [0.15, 0.2) is 60.8 Å². The van der Waals surface area contributed by atoms with E-state index in [-0.39, 0.29) is 23.5 Å². The van der Waals surface area contributed by atoms with Crippen molar-refractivity contribution in [2.75, 3.05) is 19.6 Å². The van der Waals surface area contributed by atoms with Gasteiger partial charge in [0.25, 0.3) is 0 Å². The first-order valence-corrected chi connectivity index (χ1v) is 12.0. The Labute approximate surface area is 204 Å². The van der Waals surface area contributed by atoms with Crippen LogP contribution in [0.3, 0.4) is 0 Å². The predicted octanol–water partition coefficient (Wildman–Crippen LogP) is 4.30. The van der Waals surface area contributed by atoms with E-state index in [4.69, 9.17) is 5.26 Å². The SMILES string of the molecule is N#CCCn1cc(/C=C/C(=O)N2CCC(C(=O)NCCc3ccccc3F)CC2)c2ccccc21. The number of rotatable bonds is 8. The summed E-state index contributed by atoms with van der Waals surface area (Å²) < 4.78 is 15.8. The molecule has 0 saturated carbocycles. The van der Waals surface area contributed by atoms with Gasteiger partial charge in [0.05, 0.1) is 12.5 Å². The number of amides is 2. The van der Waals surface area contributed by atoms with E-state index >= 15 is 0 Å². The van der Waals surface area contributed by atoms with E-state index < -0.39 is 0 Å². The molecule has 0 atom stereocenters. The molecule has 6 nitrogen and oxygen atoms in total. The third-order valence-electron chi connectivity index (χ3n) is 6.52. The molecule has 7 heteroatoms. The number of nitriles is 1. The molecule has 2 aromatic carbocycles. The van der Waals surface area contributed by atoms with Crippen LogP contribution in [0, 0.1) is 23.1 Å². The summed E-state index contributed by atoms with van der Waals surface area (Å²) in [7, 11) is 0. The molecule has 0 unspecified atom stereocenters. The maximum Gasteiger partial charge on any atom is 0.246 e. The number of hydrogen-bond acceptors (Lipinski definition) is 3. The van der Waals surface area contributed by atoms with Crippen molar-refractivity contribution in [2.45, 2.75) is 32.2 Å². The van der Waals surface area contributed by atoms with Crippen LogP contribution in [0.25, 0.3) is 17.0 Å². The average molecular weight is 473 g/mol. The van der Waals surface area contributed by atoms with E-state index in [1.807, 2.05) is 41.1 Å². The van der Waals surface area contributed by atoms with Crippen LogP contribution in [-0.2, 0) is 22.6 Å². The molecule has 1 aromatic heterocycles. The van der Waals surface area contributed by atoms with Gasteiger partial charge in [-0.2, -0.15) is 5.26 Å². The molecule has 1 saturated heterocycles. The largest absolute Gasteiger partial charge is 0.356 e. The lowest BCUT2D eigenvalue weighted by molar-refractivity contribution is -0.132. The minimum Gasteiger partial charge on any atom is -0.356 e. The minimum atomic E-state index is -0.256. The zero-order chi connectivity index (χ0) is 24.6. The summed E-state index contributed by atoms with van der Waals surface area (Å²) in [6.45, 7) is 2.05. The third-order valence-corrected chi connectivity index (χ3v) is 6.52. The van der Waals surface area contributed by atoms with E-state index in [0.29, 0.717) is 57.4 Å². The number of aromatic nitrogens is 1. The third kappa shape index (κ3) is 5.96. The Kier molecular flexibility index (Phi) is 7.94. The number of nitrogens with one attached hydrogen (secondary N) is 1. The van der Waals surface area contributed by atoms with Crippen molar-refractivity contribution in [3.63, 3.8) is 0 Å². The number of benzene rings is 2. The number of halogens is 1. The van der Waals surface area contributed by atoms with E-state index in [9.17, 15) is 14.0 Å². The number of fused-ring (bicyclic) bond motifs is 1. The van der Waals surface area contributed by atoms with Crippen LogP contribution in [-0.4, -0.2) is 40.9 Å². The van der Waals surface area contributed by atoms with Crippen LogP contribution in [0.5, 0.6) is 0 Å². The Morgan fingerprint density at radius 1 is 1.11 bits per heavy atom. The first-order valence-electron chi connectivity index (χ1n) is 12.0. The van der Waals surface area contributed by atoms with Gasteiger partial charge in [0.15, 0.2) is 0 Å². The van der Waals surface area contributed by atoms with Gasteiger partial charge < -0.3 is 14.8 Å². The fraction of sp³-hybridized carbons (Fsp3) is 0.321. The van der Waals surface area contributed by atoms with E-state index in [1.165, 1.54) is 6.07 Å². The molecule has 3 aromatic rings. The Hall–Kier alpha value is -3.92. The molecule has 1 fully saturated rings. The molecule has 35 heavy (non-hydrogen) atoms. The standard InChI is InChI=1S/C28H29FN4O2/c29-25-8-3-1-6-21(25)12-16-31-28(35)22-13-18-32(19-14-22)27(34)11-10-23-20-33(17-5-15-30)26-9-4-2-7-24(23)26/h1-4,6-11,20,22H,5,12-14,16-19H2,(H,31,35)/b11-10+. The molecular formula is C28H29FN4O2. The van der Waals surface area contributed by atoms with Gasteiger partial charge in [-0.25, -0.2) is 4.39 Å². The molecule has 0 bridgehead atoms. The lowest BCUT2D eigenvalue weighted by Crippen LogP contribution is -2.42. The molecule has 2 amide bonds. The first kappa shape index (κ1) is 24.2. The Morgan fingerprint density at radius 2 is 1.86 bits per heavy atom. The lowest BCUT2D eigenvalue weighted by Gasteiger charge is -2.30. The van der Waals surface area contributed by atoms with Crippen molar-refractivity contribution in [2.24, 2.45) is 5.92 Å². The second kappa shape index (κ2) is 11.5. The predicted molar refractivity (Wildman–Crippen MR) is 134 cm³/mol. The molecule has 1 aliphatic rings. The van der Waals surface area contributed by atoms with Gasteiger partial charge in [-0.15, -0.1) is 0 Å². The van der Waals surface area contributed by atoms with Gasteiger partial charge in [0, 0.05) is 60.8 Å². The van der Waals surface area contributed by atoms with Gasteiger partial charge >= 0.3 is 0 Å². The van der Waals surface area contributed by atoms with Crippen molar-refractivity contribution in [3.8, 4) is 6.07 Å². The monoisotopic (exact) mass is 472 g/mol. The topological polar surface area (TPSA) is 78.1 Å². The Balaban J connectivity index is 1.28. The minimum absolute atomic E-state index is 0.0332. The maximum atomic E-state index is 13.7. The van der Waals surface area contributed by atoms with Crippen LogP contribution < -0.4 is 5.32 Å².